The second kappa shape index (κ2) is 7.88. The van der Waals surface area contributed by atoms with Crippen LogP contribution in [-0.2, 0) is 9.59 Å². The lowest BCUT2D eigenvalue weighted by molar-refractivity contribution is -0.128. The summed E-state index contributed by atoms with van der Waals surface area (Å²) in [5.74, 6) is 0.182. The molecule has 7 nitrogen and oxygen atoms in total. The Labute approximate surface area is 124 Å². The van der Waals surface area contributed by atoms with Crippen molar-refractivity contribution >= 4 is 11.8 Å². The molecule has 0 aromatic heterocycles. The van der Waals surface area contributed by atoms with Gasteiger partial charge in [0.05, 0.1) is 0 Å². The number of rotatable bonds is 6. The second-order valence-corrected chi connectivity index (χ2v) is 5.98. The number of hydrogen-bond acceptors (Lipinski definition) is 3. The molecule has 0 spiro atoms. The van der Waals surface area contributed by atoms with Crippen molar-refractivity contribution in [2.45, 2.75) is 51.0 Å². The van der Waals surface area contributed by atoms with Crippen LogP contribution >= 0.6 is 0 Å². The van der Waals surface area contributed by atoms with Crippen LogP contribution in [0.4, 0.5) is 0 Å². The lowest BCUT2D eigenvalue weighted by Crippen LogP contribution is -2.38. The Bertz CT molecular complexity index is 427. The second-order valence-electron chi connectivity index (χ2n) is 5.98. The lowest BCUT2D eigenvalue weighted by atomic mass is 9.95. The molecule has 0 aromatic rings. The molecule has 21 heavy (non-hydrogen) atoms. The van der Waals surface area contributed by atoms with Gasteiger partial charge in [0.25, 0.3) is 0 Å². The normalized spacial score (nSPS) is 23.0. The average molecular weight is 293 g/mol. The van der Waals surface area contributed by atoms with Crippen LogP contribution in [0.15, 0.2) is 5.11 Å². The standard InChI is InChI=1S/C14H23N5O2/c15-18-16-9-11-8-14(21)19(10-11)7-6-13(20)17-12-4-2-1-3-5-12/h11-12H,1-10H2,(H,17,20). The number of carbonyl (C=O) groups is 2. The van der Waals surface area contributed by atoms with Crippen molar-refractivity contribution in [1.29, 1.82) is 0 Å². The minimum Gasteiger partial charge on any atom is -0.353 e. The quantitative estimate of drug-likeness (QED) is 0.460. The van der Waals surface area contributed by atoms with Crippen molar-refractivity contribution < 1.29 is 9.59 Å². The Kier molecular flexibility index (Phi) is 5.87. The minimum absolute atomic E-state index is 0.0354. The van der Waals surface area contributed by atoms with E-state index < -0.39 is 0 Å². The van der Waals surface area contributed by atoms with Crippen molar-refractivity contribution in [3.63, 3.8) is 0 Å². The Morgan fingerprint density at radius 1 is 1.38 bits per heavy atom. The molecule has 2 fully saturated rings. The predicted octanol–water partition coefficient (Wildman–Crippen LogP) is 1.98. The Morgan fingerprint density at radius 2 is 2.14 bits per heavy atom. The van der Waals surface area contributed by atoms with E-state index in [4.69, 9.17) is 5.53 Å². The summed E-state index contributed by atoms with van der Waals surface area (Å²) in [4.78, 5) is 28.1. The zero-order valence-electron chi connectivity index (χ0n) is 12.3. The van der Waals surface area contributed by atoms with Gasteiger partial charge in [-0.2, -0.15) is 0 Å². The summed E-state index contributed by atoms with van der Waals surface area (Å²) in [5, 5.41) is 6.58. The van der Waals surface area contributed by atoms with Gasteiger partial charge in [0, 0.05) is 43.4 Å². The molecule has 7 heteroatoms. The van der Waals surface area contributed by atoms with Crippen LogP contribution in [0.25, 0.3) is 10.4 Å². The van der Waals surface area contributed by atoms with Gasteiger partial charge in [-0.25, -0.2) is 0 Å². The van der Waals surface area contributed by atoms with E-state index in [1.807, 2.05) is 0 Å². The fraction of sp³-hybridized carbons (Fsp3) is 0.857. The van der Waals surface area contributed by atoms with E-state index >= 15 is 0 Å². The van der Waals surface area contributed by atoms with Gasteiger partial charge in [0.15, 0.2) is 0 Å². The molecule has 0 radical (unpaired) electrons. The van der Waals surface area contributed by atoms with Gasteiger partial charge in [-0.1, -0.05) is 24.4 Å². The van der Waals surface area contributed by atoms with Crippen LogP contribution in [0.1, 0.15) is 44.9 Å². The largest absolute Gasteiger partial charge is 0.353 e. The molecular weight excluding hydrogens is 270 g/mol. The van der Waals surface area contributed by atoms with E-state index in [0.717, 1.165) is 12.8 Å². The van der Waals surface area contributed by atoms with E-state index in [1.165, 1.54) is 19.3 Å². The zero-order chi connectivity index (χ0) is 15.1. The van der Waals surface area contributed by atoms with Gasteiger partial charge >= 0.3 is 0 Å². The van der Waals surface area contributed by atoms with Crippen molar-refractivity contribution in [2.75, 3.05) is 19.6 Å². The highest BCUT2D eigenvalue weighted by Crippen LogP contribution is 2.19. The third kappa shape index (κ3) is 4.93. The molecule has 1 unspecified atom stereocenters. The van der Waals surface area contributed by atoms with Crippen LogP contribution in [0.3, 0.4) is 0 Å². The van der Waals surface area contributed by atoms with E-state index in [-0.39, 0.29) is 17.7 Å². The number of amides is 2. The fourth-order valence-corrected chi connectivity index (χ4v) is 3.13. The highest BCUT2D eigenvalue weighted by atomic mass is 16.2. The van der Waals surface area contributed by atoms with Crippen LogP contribution in [0.5, 0.6) is 0 Å². The molecule has 0 aromatic carbocycles. The third-order valence-electron chi connectivity index (χ3n) is 4.28. The smallest absolute Gasteiger partial charge is 0.222 e. The number of nitrogens with zero attached hydrogens (tertiary/aromatic N) is 4. The Morgan fingerprint density at radius 3 is 2.86 bits per heavy atom. The topological polar surface area (TPSA) is 98.2 Å². The SMILES string of the molecule is [N-]=[N+]=NCC1CC(=O)N(CCC(=O)NC2CCCCC2)C1. The van der Waals surface area contributed by atoms with Crippen LogP contribution in [-0.4, -0.2) is 42.4 Å². The van der Waals surface area contributed by atoms with Gasteiger partial charge in [-0.15, -0.1) is 0 Å². The Balaban J connectivity index is 1.68. The molecule has 1 saturated carbocycles. The maximum absolute atomic E-state index is 11.9. The van der Waals surface area contributed by atoms with Crippen molar-refractivity contribution in [2.24, 2.45) is 11.0 Å². The first-order valence-corrected chi connectivity index (χ1v) is 7.77. The third-order valence-corrected chi connectivity index (χ3v) is 4.28. The van der Waals surface area contributed by atoms with Crippen LogP contribution in [0, 0.1) is 5.92 Å². The first-order chi connectivity index (χ1) is 10.2. The summed E-state index contributed by atoms with van der Waals surface area (Å²) >= 11 is 0. The van der Waals surface area contributed by atoms with E-state index in [0.29, 0.717) is 38.5 Å². The molecule has 1 aliphatic heterocycles. The number of hydrogen-bond donors (Lipinski definition) is 1. The number of nitrogens with one attached hydrogen (secondary N) is 1. The molecule has 1 saturated heterocycles. The summed E-state index contributed by atoms with van der Waals surface area (Å²) in [6.07, 6.45) is 6.57. The molecular formula is C14H23N5O2. The van der Waals surface area contributed by atoms with E-state index in [1.54, 1.807) is 4.90 Å². The number of azide groups is 1. The predicted molar refractivity (Wildman–Crippen MR) is 78.3 cm³/mol. The van der Waals surface area contributed by atoms with Crippen LogP contribution < -0.4 is 5.32 Å². The summed E-state index contributed by atoms with van der Waals surface area (Å²) in [6, 6.07) is 0.318. The molecule has 1 heterocycles. The number of likely N-dealkylation sites (tertiary alicyclic amines) is 1. The molecule has 116 valence electrons. The van der Waals surface area contributed by atoms with Gasteiger partial charge in [-0.3, -0.25) is 9.59 Å². The van der Waals surface area contributed by atoms with Crippen LogP contribution in [0.2, 0.25) is 0 Å². The first-order valence-electron chi connectivity index (χ1n) is 7.77. The molecule has 2 rings (SSSR count). The molecule has 2 amide bonds. The fourth-order valence-electron chi connectivity index (χ4n) is 3.13. The Hall–Kier alpha value is -1.75. The summed E-state index contributed by atoms with van der Waals surface area (Å²) < 4.78 is 0. The van der Waals surface area contributed by atoms with Gasteiger partial charge in [-0.05, 0) is 24.3 Å². The first kappa shape index (κ1) is 15.6. The number of carbonyl (C=O) groups excluding carboxylic acids is 2. The average Bonchev–Trinajstić information content (AvgIpc) is 2.84. The van der Waals surface area contributed by atoms with E-state index in [9.17, 15) is 9.59 Å². The molecule has 1 N–H and O–H groups in total. The monoisotopic (exact) mass is 293 g/mol. The molecule has 2 aliphatic rings. The van der Waals surface area contributed by atoms with Crippen molar-refractivity contribution in [3.05, 3.63) is 10.4 Å². The zero-order valence-corrected chi connectivity index (χ0v) is 12.3. The summed E-state index contributed by atoms with van der Waals surface area (Å²) in [5.41, 5.74) is 8.30. The molecule has 1 atom stereocenters. The van der Waals surface area contributed by atoms with Gasteiger partial charge < -0.3 is 10.2 Å². The molecule has 0 bridgehead atoms. The van der Waals surface area contributed by atoms with Gasteiger partial charge in [0.2, 0.25) is 11.8 Å². The van der Waals surface area contributed by atoms with Crippen molar-refractivity contribution in [1.82, 2.24) is 10.2 Å². The highest BCUT2D eigenvalue weighted by Gasteiger charge is 2.29. The maximum atomic E-state index is 11.9. The molecule has 1 aliphatic carbocycles. The minimum atomic E-state index is 0.0354. The summed E-state index contributed by atoms with van der Waals surface area (Å²) in [6.45, 7) is 1.41. The van der Waals surface area contributed by atoms with Gasteiger partial charge in [0.1, 0.15) is 0 Å². The lowest BCUT2D eigenvalue weighted by Gasteiger charge is -2.23. The van der Waals surface area contributed by atoms with Crippen molar-refractivity contribution in [3.8, 4) is 0 Å². The highest BCUT2D eigenvalue weighted by molar-refractivity contribution is 5.80. The van der Waals surface area contributed by atoms with E-state index in [2.05, 4.69) is 15.3 Å². The maximum Gasteiger partial charge on any atom is 0.222 e. The summed E-state index contributed by atoms with van der Waals surface area (Å²) in [7, 11) is 0.